The second kappa shape index (κ2) is 10.5. The van der Waals surface area contributed by atoms with Gasteiger partial charge in [-0.25, -0.2) is 4.79 Å². The zero-order valence-electron chi connectivity index (χ0n) is 20.4. The summed E-state index contributed by atoms with van der Waals surface area (Å²) in [7, 11) is 0. The average molecular weight is 479 g/mol. The number of hydrogen-bond donors (Lipinski definition) is 3. The van der Waals surface area contributed by atoms with Crippen molar-refractivity contribution in [3.05, 3.63) is 59.7 Å². The van der Waals surface area contributed by atoms with Gasteiger partial charge in [-0.3, -0.25) is 9.59 Å². The van der Waals surface area contributed by atoms with Crippen LogP contribution in [-0.2, 0) is 14.3 Å². The maximum Gasteiger partial charge on any atom is 0.407 e. The Morgan fingerprint density at radius 1 is 1.00 bits per heavy atom. The minimum absolute atomic E-state index is 0.000454. The minimum atomic E-state index is -0.796. The van der Waals surface area contributed by atoms with Crippen LogP contribution in [0.4, 0.5) is 4.79 Å². The van der Waals surface area contributed by atoms with Crippen molar-refractivity contribution in [2.24, 2.45) is 11.3 Å². The van der Waals surface area contributed by atoms with Crippen molar-refractivity contribution < 1.29 is 24.2 Å². The fourth-order valence-electron chi connectivity index (χ4n) is 5.17. The molecule has 1 fully saturated rings. The highest BCUT2D eigenvalue weighted by Crippen LogP contribution is 2.44. The van der Waals surface area contributed by atoms with E-state index in [0.29, 0.717) is 25.8 Å². The third kappa shape index (κ3) is 5.66. The lowest BCUT2D eigenvalue weighted by Crippen LogP contribution is -2.46. The van der Waals surface area contributed by atoms with Gasteiger partial charge in [-0.15, -0.1) is 0 Å². The first kappa shape index (κ1) is 24.8. The lowest BCUT2D eigenvalue weighted by atomic mass is 9.83. The maximum absolute atomic E-state index is 12.8. The SMILES string of the molecule is CC(C)(CCNC(=O)OCC1c2ccccc2-c2ccccc21)C(=O)NC1CCCC(C(=O)O)C1. The third-order valence-electron chi connectivity index (χ3n) is 7.34. The van der Waals surface area contributed by atoms with Gasteiger partial charge < -0.3 is 20.5 Å². The predicted octanol–water partition coefficient (Wildman–Crippen LogP) is 4.70. The molecule has 0 heterocycles. The molecule has 2 aliphatic rings. The molecule has 1 saturated carbocycles. The molecule has 2 unspecified atom stereocenters. The van der Waals surface area contributed by atoms with Gasteiger partial charge in [-0.1, -0.05) is 68.8 Å². The van der Waals surface area contributed by atoms with Crippen LogP contribution in [0.5, 0.6) is 0 Å². The normalized spacial score (nSPS) is 19.4. The second-order valence-electron chi connectivity index (χ2n) is 10.3. The Labute approximate surface area is 206 Å². The summed E-state index contributed by atoms with van der Waals surface area (Å²) in [6.07, 6.45) is 2.66. The Balaban J connectivity index is 1.24. The van der Waals surface area contributed by atoms with E-state index in [-0.39, 0.29) is 24.5 Å². The van der Waals surface area contributed by atoms with Crippen LogP contribution >= 0.6 is 0 Å². The Bertz CT molecular complexity index is 1050. The molecule has 0 aromatic heterocycles. The van der Waals surface area contributed by atoms with E-state index in [4.69, 9.17) is 4.74 Å². The number of aliphatic carboxylic acids is 1. The molecule has 7 nitrogen and oxygen atoms in total. The summed E-state index contributed by atoms with van der Waals surface area (Å²) in [5.41, 5.74) is 3.97. The van der Waals surface area contributed by atoms with Crippen LogP contribution in [0.25, 0.3) is 11.1 Å². The highest BCUT2D eigenvalue weighted by atomic mass is 16.5. The van der Waals surface area contributed by atoms with Crippen LogP contribution in [0.15, 0.2) is 48.5 Å². The standard InChI is InChI=1S/C28H34N2O5/c1-28(2,26(33)30-19-9-7-8-18(16-19)25(31)32)14-15-29-27(34)35-17-24-22-12-5-3-10-20(22)21-11-4-6-13-23(21)24/h3-6,10-13,18-19,24H,7-9,14-17H2,1-2H3,(H,29,34)(H,30,33)(H,31,32). The number of carboxylic acids is 1. The average Bonchev–Trinajstić information content (AvgIpc) is 3.16. The van der Waals surface area contributed by atoms with Crippen molar-refractivity contribution in [1.82, 2.24) is 10.6 Å². The van der Waals surface area contributed by atoms with E-state index in [1.807, 2.05) is 38.1 Å². The fourth-order valence-corrected chi connectivity index (χ4v) is 5.17. The van der Waals surface area contributed by atoms with Crippen molar-refractivity contribution in [2.45, 2.75) is 57.9 Å². The summed E-state index contributed by atoms with van der Waals surface area (Å²) in [4.78, 5) is 36.5. The van der Waals surface area contributed by atoms with Crippen LogP contribution in [0.3, 0.4) is 0 Å². The molecular weight excluding hydrogens is 444 g/mol. The van der Waals surface area contributed by atoms with Gasteiger partial charge in [0.2, 0.25) is 5.91 Å². The number of ether oxygens (including phenoxy) is 1. The van der Waals surface area contributed by atoms with Gasteiger partial charge in [0.15, 0.2) is 0 Å². The molecule has 0 aliphatic heterocycles. The zero-order chi connectivity index (χ0) is 25.0. The number of amides is 2. The molecule has 7 heteroatoms. The molecule has 2 aliphatic carbocycles. The molecule has 4 rings (SSSR count). The number of nitrogens with one attached hydrogen (secondary N) is 2. The number of rotatable bonds is 8. The summed E-state index contributed by atoms with van der Waals surface area (Å²) in [5.74, 6) is -1.31. The highest BCUT2D eigenvalue weighted by molar-refractivity contribution is 5.82. The Kier molecular flexibility index (Phi) is 7.43. The first-order valence-corrected chi connectivity index (χ1v) is 12.4. The number of benzene rings is 2. The van der Waals surface area contributed by atoms with E-state index in [0.717, 1.165) is 24.0 Å². The van der Waals surface area contributed by atoms with Crippen LogP contribution in [0.2, 0.25) is 0 Å². The Morgan fingerprint density at radius 2 is 1.63 bits per heavy atom. The van der Waals surface area contributed by atoms with Crippen LogP contribution < -0.4 is 10.6 Å². The first-order valence-electron chi connectivity index (χ1n) is 12.4. The molecule has 2 aromatic carbocycles. The topological polar surface area (TPSA) is 105 Å². The molecule has 3 N–H and O–H groups in total. The molecule has 0 saturated heterocycles. The van der Waals surface area contributed by atoms with Gasteiger partial charge in [0.1, 0.15) is 6.61 Å². The molecule has 35 heavy (non-hydrogen) atoms. The lowest BCUT2D eigenvalue weighted by molar-refractivity contribution is -0.143. The van der Waals surface area contributed by atoms with E-state index >= 15 is 0 Å². The summed E-state index contributed by atoms with van der Waals surface area (Å²) in [6, 6.07) is 16.3. The number of hydrogen-bond acceptors (Lipinski definition) is 4. The van der Waals surface area contributed by atoms with Crippen LogP contribution in [-0.4, -0.2) is 42.3 Å². The van der Waals surface area contributed by atoms with Gasteiger partial charge in [0.25, 0.3) is 0 Å². The number of fused-ring (bicyclic) bond motifs is 3. The van der Waals surface area contributed by atoms with Gasteiger partial charge in [0.05, 0.1) is 5.92 Å². The molecule has 0 radical (unpaired) electrons. The zero-order valence-corrected chi connectivity index (χ0v) is 20.4. The number of carbonyl (C=O) groups is 3. The summed E-state index contributed by atoms with van der Waals surface area (Å²) in [6.45, 7) is 4.22. The first-order chi connectivity index (χ1) is 16.8. The lowest BCUT2D eigenvalue weighted by Gasteiger charge is -2.31. The van der Waals surface area contributed by atoms with Crippen LogP contribution in [0, 0.1) is 11.3 Å². The third-order valence-corrected chi connectivity index (χ3v) is 7.34. The van der Waals surface area contributed by atoms with Gasteiger partial charge >= 0.3 is 12.1 Å². The number of alkyl carbamates (subject to hydrolysis) is 1. The summed E-state index contributed by atoms with van der Waals surface area (Å²) < 4.78 is 5.56. The van der Waals surface area contributed by atoms with Crippen LogP contribution in [0.1, 0.15) is 63.0 Å². The monoisotopic (exact) mass is 478 g/mol. The predicted molar refractivity (Wildman–Crippen MR) is 133 cm³/mol. The maximum atomic E-state index is 12.8. The van der Waals surface area contributed by atoms with Gasteiger partial charge in [-0.05, 0) is 47.9 Å². The van der Waals surface area contributed by atoms with E-state index in [9.17, 15) is 19.5 Å². The molecule has 2 amide bonds. The quantitative estimate of drug-likeness (QED) is 0.510. The fraction of sp³-hybridized carbons (Fsp3) is 0.464. The molecule has 0 bridgehead atoms. The van der Waals surface area contributed by atoms with Crippen molar-refractivity contribution in [1.29, 1.82) is 0 Å². The van der Waals surface area contributed by atoms with Gasteiger partial charge in [0, 0.05) is 23.9 Å². The van der Waals surface area contributed by atoms with E-state index < -0.39 is 23.4 Å². The van der Waals surface area contributed by atoms with Crippen molar-refractivity contribution >= 4 is 18.0 Å². The number of carbonyl (C=O) groups excluding carboxylic acids is 2. The van der Waals surface area contributed by atoms with Crippen molar-refractivity contribution in [2.75, 3.05) is 13.2 Å². The Hall–Kier alpha value is -3.35. The molecule has 2 atom stereocenters. The molecule has 0 spiro atoms. The van der Waals surface area contributed by atoms with Crippen molar-refractivity contribution in [3.8, 4) is 11.1 Å². The van der Waals surface area contributed by atoms with Crippen molar-refractivity contribution in [3.63, 3.8) is 0 Å². The molecule has 2 aromatic rings. The van der Waals surface area contributed by atoms with E-state index in [1.54, 1.807) is 0 Å². The second-order valence-corrected chi connectivity index (χ2v) is 10.3. The largest absolute Gasteiger partial charge is 0.481 e. The molecular formula is C28H34N2O5. The molecule has 186 valence electrons. The smallest absolute Gasteiger partial charge is 0.407 e. The Morgan fingerprint density at radius 3 is 2.26 bits per heavy atom. The van der Waals surface area contributed by atoms with Gasteiger partial charge in [-0.2, -0.15) is 0 Å². The van der Waals surface area contributed by atoms with E-state index in [1.165, 1.54) is 11.1 Å². The van der Waals surface area contributed by atoms with E-state index in [2.05, 4.69) is 34.9 Å². The summed E-state index contributed by atoms with van der Waals surface area (Å²) >= 11 is 0. The number of carboxylic acid groups (broad SMARTS) is 1. The minimum Gasteiger partial charge on any atom is -0.481 e. The highest BCUT2D eigenvalue weighted by Gasteiger charge is 2.33. The summed E-state index contributed by atoms with van der Waals surface area (Å²) in [5, 5.41) is 15.1.